The smallest absolute Gasteiger partial charge is 0.118 e. The van der Waals surface area contributed by atoms with Crippen LogP contribution in [0.25, 0.3) is 10.1 Å². The van der Waals surface area contributed by atoms with Crippen LogP contribution in [0.1, 0.15) is 42.9 Å². The first-order valence-electron chi connectivity index (χ1n) is 6.79. The predicted octanol–water partition coefficient (Wildman–Crippen LogP) is 6.77. The van der Waals surface area contributed by atoms with Crippen molar-refractivity contribution in [1.82, 2.24) is 0 Å². The molecule has 0 bridgehead atoms. The SMILES string of the molecule is FC(F)(F)[s+]1c(C2CCCCC2)cc2cc(Cl)ccc21. The molecule has 108 valence electrons. The summed E-state index contributed by atoms with van der Waals surface area (Å²) in [5.41, 5.74) is -4.19. The van der Waals surface area contributed by atoms with Gasteiger partial charge in [0.2, 0.25) is 0 Å². The van der Waals surface area contributed by atoms with E-state index >= 15 is 0 Å². The molecule has 0 aliphatic heterocycles. The van der Waals surface area contributed by atoms with Crippen LogP contribution in [0.15, 0.2) is 24.3 Å². The molecular weight excluding hydrogens is 305 g/mol. The van der Waals surface area contributed by atoms with Crippen LogP contribution in [0.5, 0.6) is 0 Å². The molecule has 1 saturated carbocycles. The van der Waals surface area contributed by atoms with E-state index in [4.69, 9.17) is 11.6 Å². The van der Waals surface area contributed by atoms with Crippen LogP contribution in [0.2, 0.25) is 5.02 Å². The van der Waals surface area contributed by atoms with Crippen molar-refractivity contribution < 1.29 is 13.2 Å². The van der Waals surface area contributed by atoms with Gasteiger partial charge in [-0.3, -0.25) is 0 Å². The van der Waals surface area contributed by atoms with E-state index in [0.29, 0.717) is 20.0 Å². The molecule has 1 aromatic carbocycles. The minimum Gasteiger partial charge on any atom is -0.118 e. The molecule has 1 fully saturated rings. The minimum atomic E-state index is -4.19. The number of hydrogen-bond donors (Lipinski definition) is 0. The third kappa shape index (κ3) is 2.56. The zero-order valence-corrected chi connectivity index (χ0v) is 12.4. The number of hydrogen-bond acceptors (Lipinski definition) is 0. The summed E-state index contributed by atoms with van der Waals surface area (Å²) in [5.74, 6) is 0.0832. The van der Waals surface area contributed by atoms with Gasteiger partial charge in [-0.25, -0.2) is 0 Å². The zero-order chi connectivity index (χ0) is 14.3. The second-order valence-corrected chi connectivity index (χ2v) is 7.74. The number of rotatable bonds is 1. The summed E-state index contributed by atoms with van der Waals surface area (Å²) in [6.45, 7) is 0. The first-order valence-corrected chi connectivity index (χ1v) is 8.39. The summed E-state index contributed by atoms with van der Waals surface area (Å²) in [5, 5.41) is 1.15. The lowest BCUT2D eigenvalue weighted by Crippen LogP contribution is -2.06. The van der Waals surface area contributed by atoms with Crippen LogP contribution in [-0.2, 0) is 5.51 Å². The van der Waals surface area contributed by atoms with Crippen LogP contribution in [0.3, 0.4) is 0 Å². The molecule has 0 radical (unpaired) electrons. The molecule has 1 unspecified atom stereocenters. The molecule has 1 atom stereocenters. The maximum absolute atomic E-state index is 13.5. The Morgan fingerprint density at radius 1 is 1.05 bits per heavy atom. The predicted molar refractivity (Wildman–Crippen MR) is 78.6 cm³/mol. The van der Waals surface area contributed by atoms with Crippen molar-refractivity contribution in [3.05, 3.63) is 34.2 Å². The highest BCUT2D eigenvalue weighted by molar-refractivity contribution is 7.38. The maximum atomic E-state index is 13.5. The van der Waals surface area contributed by atoms with Gasteiger partial charge in [0.1, 0.15) is 0 Å². The molecule has 1 aromatic heterocycles. The number of thiophene rings is 1. The molecule has 0 amide bonds. The molecule has 0 N–H and O–H groups in total. The monoisotopic (exact) mass is 319 g/mol. The van der Waals surface area contributed by atoms with Gasteiger partial charge in [0.15, 0.2) is 9.58 Å². The van der Waals surface area contributed by atoms with Crippen LogP contribution in [-0.4, -0.2) is 0 Å². The molecular formula is C15H15ClF3S+. The van der Waals surface area contributed by atoms with Gasteiger partial charge in [0, 0.05) is 28.5 Å². The van der Waals surface area contributed by atoms with E-state index in [1.165, 1.54) is 0 Å². The van der Waals surface area contributed by atoms with E-state index in [0.717, 1.165) is 32.1 Å². The molecule has 3 rings (SSSR count). The number of benzene rings is 1. The third-order valence-corrected chi connectivity index (χ3v) is 6.40. The summed E-state index contributed by atoms with van der Waals surface area (Å²) in [6.07, 6.45) is 4.98. The average molecular weight is 320 g/mol. The highest BCUT2D eigenvalue weighted by Gasteiger charge is 2.49. The van der Waals surface area contributed by atoms with Crippen LogP contribution < -0.4 is 0 Å². The Hall–Kier alpha value is -0.740. The molecule has 1 aliphatic carbocycles. The Morgan fingerprint density at radius 3 is 2.40 bits per heavy atom. The summed E-state index contributed by atoms with van der Waals surface area (Å²) >= 11 is 5.91. The molecule has 0 nitrogen and oxygen atoms in total. The van der Waals surface area contributed by atoms with Crippen molar-refractivity contribution in [3.8, 4) is 0 Å². The normalized spacial score (nSPS) is 18.7. The summed E-state index contributed by atoms with van der Waals surface area (Å²) < 4.78 is 40.8. The van der Waals surface area contributed by atoms with E-state index < -0.39 is 16.0 Å². The van der Waals surface area contributed by atoms with Crippen molar-refractivity contribution >= 4 is 32.2 Å². The van der Waals surface area contributed by atoms with Gasteiger partial charge in [-0.2, -0.15) is 0 Å². The van der Waals surface area contributed by atoms with E-state index in [-0.39, 0.29) is 5.92 Å². The van der Waals surface area contributed by atoms with Crippen molar-refractivity contribution in [3.63, 3.8) is 0 Å². The Bertz CT molecular complexity index is 624. The maximum Gasteiger partial charge on any atom is 0.600 e. The molecule has 2 aromatic rings. The van der Waals surface area contributed by atoms with Crippen LogP contribution in [0.4, 0.5) is 13.2 Å². The Morgan fingerprint density at radius 2 is 1.75 bits per heavy atom. The van der Waals surface area contributed by atoms with Crippen molar-refractivity contribution in [2.75, 3.05) is 0 Å². The average Bonchev–Trinajstić information content (AvgIpc) is 2.78. The fraction of sp³-hybridized carbons (Fsp3) is 0.467. The van der Waals surface area contributed by atoms with Gasteiger partial charge in [-0.15, -0.1) is 13.2 Å². The van der Waals surface area contributed by atoms with Gasteiger partial charge in [-0.05, 0) is 25.0 Å². The molecule has 0 spiro atoms. The first kappa shape index (κ1) is 14.2. The summed E-state index contributed by atoms with van der Waals surface area (Å²) in [4.78, 5) is 0.578. The quantitative estimate of drug-likeness (QED) is 0.509. The number of alkyl halides is 3. The van der Waals surface area contributed by atoms with Crippen molar-refractivity contribution in [1.29, 1.82) is 0 Å². The third-order valence-electron chi connectivity index (χ3n) is 3.96. The standard InChI is InChI=1S/C15H15ClF3S/c16-12-6-7-13-11(8-12)9-14(20(13)15(17,18)19)10-4-2-1-3-5-10/h6-10H,1-5H2/q+1. The van der Waals surface area contributed by atoms with Gasteiger partial charge in [0.25, 0.3) is 0 Å². The highest BCUT2D eigenvalue weighted by atomic mass is 35.5. The van der Waals surface area contributed by atoms with Crippen LogP contribution in [0, 0.1) is 0 Å². The summed E-state index contributed by atoms with van der Waals surface area (Å²) in [7, 11) is -1.76. The van der Waals surface area contributed by atoms with E-state index in [1.54, 1.807) is 24.3 Å². The highest BCUT2D eigenvalue weighted by Crippen LogP contribution is 2.55. The van der Waals surface area contributed by atoms with Crippen LogP contribution >= 0.6 is 22.1 Å². The van der Waals surface area contributed by atoms with Gasteiger partial charge >= 0.3 is 5.51 Å². The molecule has 1 heterocycles. The lowest BCUT2D eigenvalue weighted by atomic mass is 9.88. The lowest BCUT2D eigenvalue weighted by Gasteiger charge is -2.18. The Kier molecular flexibility index (Phi) is 3.71. The Labute approximate surface area is 123 Å². The van der Waals surface area contributed by atoms with Gasteiger partial charge < -0.3 is 0 Å². The van der Waals surface area contributed by atoms with Gasteiger partial charge in [-0.1, -0.05) is 30.9 Å². The molecule has 1 aliphatic rings. The molecule has 5 heteroatoms. The minimum absolute atomic E-state index is 0.0832. The fourth-order valence-corrected chi connectivity index (χ4v) is 5.41. The van der Waals surface area contributed by atoms with E-state index in [2.05, 4.69) is 0 Å². The lowest BCUT2D eigenvalue weighted by molar-refractivity contribution is -0.0868. The molecule has 20 heavy (non-hydrogen) atoms. The van der Waals surface area contributed by atoms with E-state index in [1.807, 2.05) is 0 Å². The Balaban J connectivity index is 2.18. The second-order valence-electron chi connectivity index (χ2n) is 5.32. The zero-order valence-electron chi connectivity index (χ0n) is 10.8. The second kappa shape index (κ2) is 5.23. The fourth-order valence-electron chi connectivity index (χ4n) is 3.09. The number of fused-ring (bicyclic) bond motifs is 1. The van der Waals surface area contributed by atoms with Crippen molar-refractivity contribution in [2.45, 2.75) is 43.5 Å². The topological polar surface area (TPSA) is 0 Å². The van der Waals surface area contributed by atoms with Gasteiger partial charge in [0.05, 0.1) is 10.5 Å². The number of halogens is 4. The first-order chi connectivity index (χ1) is 9.47. The summed E-state index contributed by atoms with van der Waals surface area (Å²) in [6, 6.07) is 6.50. The molecule has 0 saturated heterocycles. The largest absolute Gasteiger partial charge is 0.600 e. The van der Waals surface area contributed by atoms with Crippen molar-refractivity contribution in [2.24, 2.45) is 0 Å². The van der Waals surface area contributed by atoms with E-state index in [9.17, 15) is 13.2 Å².